The van der Waals surface area contributed by atoms with E-state index in [0.717, 1.165) is 16.0 Å². The summed E-state index contributed by atoms with van der Waals surface area (Å²) in [4.78, 5) is 11.0. The van der Waals surface area contributed by atoms with E-state index in [1.807, 2.05) is 6.07 Å². The lowest BCUT2D eigenvalue weighted by Crippen LogP contribution is -1.84. The lowest BCUT2D eigenvalue weighted by molar-refractivity contribution is -0.131. The molecule has 0 aliphatic rings. The fourth-order valence-electron chi connectivity index (χ4n) is 0.687. The molecule has 1 aromatic heterocycles. The van der Waals surface area contributed by atoms with Crippen LogP contribution in [-0.2, 0) is 4.79 Å². The summed E-state index contributed by atoms with van der Waals surface area (Å²) < 4.78 is 4.94. The van der Waals surface area contributed by atoms with Gasteiger partial charge in [-0.25, -0.2) is 4.79 Å². The molecule has 0 amide bonds. The number of carboxylic acids is 1. The van der Waals surface area contributed by atoms with Crippen LogP contribution in [0.1, 0.15) is 4.88 Å². The zero-order valence-electron chi connectivity index (χ0n) is 6.48. The number of aliphatic carboxylic acids is 1. The molecule has 0 aliphatic carbocycles. The van der Waals surface area contributed by atoms with Crippen LogP contribution in [0.5, 0.6) is 5.06 Å². The minimum absolute atomic E-state index is 0.778. The van der Waals surface area contributed by atoms with Crippen molar-refractivity contribution in [3.05, 3.63) is 23.1 Å². The van der Waals surface area contributed by atoms with E-state index in [-0.39, 0.29) is 0 Å². The lowest BCUT2D eigenvalue weighted by atomic mass is 10.4. The fraction of sp³-hybridized carbons (Fsp3) is 0.125. The van der Waals surface area contributed by atoms with Crippen LogP contribution in [0.2, 0.25) is 0 Å². The minimum atomic E-state index is -0.942. The number of hydrogen-bond donors (Lipinski definition) is 1. The molecule has 0 unspecified atom stereocenters. The predicted octanol–water partition coefficient (Wildman–Crippen LogP) is 1.85. The van der Waals surface area contributed by atoms with E-state index >= 15 is 0 Å². The van der Waals surface area contributed by atoms with E-state index in [9.17, 15) is 4.79 Å². The number of thiophene rings is 1. The Morgan fingerprint density at radius 2 is 2.42 bits per heavy atom. The van der Waals surface area contributed by atoms with Crippen molar-refractivity contribution in [3.63, 3.8) is 0 Å². The van der Waals surface area contributed by atoms with Crippen LogP contribution in [0.25, 0.3) is 6.08 Å². The Hall–Kier alpha value is -1.29. The monoisotopic (exact) mass is 184 g/mol. The van der Waals surface area contributed by atoms with Crippen LogP contribution in [-0.4, -0.2) is 18.2 Å². The highest BCUT2D eigenvalue weighted by molar-refractivity contribution is 7.14. The zero-order valence-corrected chi connectivity index (χ0v) is 7.30. The van der Waals surface area contributed by atoms with E-state index in [4.69, 9.17) is 9.84 Å². The highest BCUT2D eigenvalue weighted by Crippen LogP contribution is 2.24. The quantitative estimate of drug-likeness (QED) is 0.729. The van der Waals surface area contributed by atoms with Gasteiger partial charge < -0.3 is 9.84 Å². The molecule has 0 spiro atoms. The average molecular weight is 184 g/mol. The average Bonchev–Trinajstić information content (AvgIpc) is 2.48. The van der Waals surface area contributed by atoms with E-state index in [1.165, 1.54) is 17.4 Å². The van der Waals surface area contributed by atoms with Crippen molar-refractivity contribution in [2.24, 2.45) is 0 Å². The molecule has 0 saturated heterocycles. The molecule has 0 aromatic carbocycles. The first-order valence-electron chi connectivity index (χ1n) is 3.27. The van der Waals surface area contributed by atoms with Gasteiger partial charge in [0.1, 0.15) is 0 Å². The number of carbonyl (C=O) groups is 1. The summed E-state index contributed by atoms with van der Waals surface area (Å²) in [5.74, 6) is -0.942. The van der Waals surface area contributed by atoms with Gasteiger partial charge in [-0.1, -0.05) is 11.3 Å². The molecule has 0 bridgehead atoms. The molecule has 0 aliphatic heterocycles. The molecule has 0 atom stereocenters. The molecular formula is C8H8O3S. The van der Waals surface area contributed by atoms with Crippen molar-refractivity contribution in [2.75, 3.05) is 7.11 Å². The van der Waals surface area contributed by atoms with Gasteiger partial charge in [0.05, 0.1) is 7.11 Å². The van der Waals surface area contributed by atoms with Gasteiger partial charge in [0.2, 0.25) is 0 Å². The van der Waals surface area contributed by atoms with Gasteiger partial charge in [-0.05, 0) is 18.2 Å². The van der Waals surface area contributed by atoms with Crippen LogP contribution in [0.3, 0.4) is 0 Å². The van der Waals surface area contributed by atoms with Crippen molar-refractivity contribution in [2.45, 2.75) is 0 Å². The summed E-state index contributed by atoms with van der Waals surface area (Å²) in [7, 11) is 1.58. The standard InChI is InChI=1S/C8H8O3S/c1-11-8-5-3-6(12-8)2-4-7(9)10/h2-5H,1H3,(H,9,10)/b4-2+. The van der Waals surface area contributed by atoms with Crippen molar-refractivity contribution in [1.29, 1.82) is 0 Å². The molecule has 12 heavy (non-hydrogen) atoms. The molecule has 0 radical (unpaired) electrons. The second-order valence-electron chi connectivity index (χ2n) is 2.03. The molecule has 64 valence electrons. The normalized spacial score (nSPS) is 10.4. The number of carboxylic acid groups (broad SMARTS) is 1. The SMILES string of the molecule is COc1ccc(/C=C/C(=O)O)s1. The summed E-state index contributed by atoms with van der Waals surface area (Å²) in [5.41, 5.74) is 0. The summed E-state index contributed by atoms with van der Waals surface area (Å²) in [6.45, 7) is 0. The van der Waals surface area contributed by atoms with Crippen molar-refractivity contribution < 1.29 is 14.6 Å². The predicted molar refractivity (Wildman–Crippen MR) is 47.5 cm³/mol. The van der Waals surface area contributed by atoms with Gasteiger partial charge in [0.25, 0.3) is 0 Å². The number of hydrogen-bond acceptors (Lipinski definition) is 3. The number of ether oxygens (including phenoxy) is 1. The lowest BCUT2D eigenvalue weighted by Gasteiger charge is -1.88. The minimum Gasteiger partial charge on any atom is -0.487 e. The van der Waals surface area contributed by atoms with Crippen LogP contribution >= 0.6 is 11.3 Å². The summed E-state index contributed by atoms with van der Waals surface area (Å²) in [6, 6.07) is 3.61. The number of methoxy groups -OCH3 is 1. The van der Waals surface area contributed by atoms with E-state index in [2.05, 4.69) is 0 Å². The van der Waals surface area contributed by atoms with Gasteiger partial charge in [-0.15, -0.1) is 0 Å². The van der Waals surface area contributed by atoms with Crippen molar-refractivity contribution in [1.82, 2.24) is 0 Å². The summed E-state index contributed by atoms with van der Waals surface area (Å²) in [5, 5.41) is 9.10. The first-order valence-corrected chi connectivity index (χ1v) is 4.09. The maximum atomic E-state index is 10.1. The van der Waals surface area contributed by atoms with Crippen LogP contribution in [0, 0.1) is 0 Å². The molecule has 1 heterocycles. The Bertz CT molecular complexity index is 301. The smallest absolute Gasteiger partial charge is 0.328 e. The largest absolute Gasteiger partial charge is 0.487 e. The molecule has 1 N–H and O–H groups in total. The van der Waals surface area contributed by atoms with Gasteiger partial charge >= 0.3 is 5.97 Å². The third kappa shape index (κ3) is 2.39. The Balaban J connectivity index is 2.70. The molecule has 3 nitrogen and oxygen atoms in total. The highest BCUT2D eigenvalue weighted by atomic mass is 32.1. The third-order valence-corrected chi connectivity index (χ3v) is 2.21. The second-order valence-corrected chi connectivity index (χ2v) is 3.11. The molecular weight excluding hydrogens is 176 g/mol. The first-order chi connectivity index (χ1) is 5.72. The third-order valence-electron chi connectivity index (χ3n) is 1.19. The van der Waals surface area contributed by atoms with Crippen LogP contribution in [0.15, 0.2) is 18.2 Å². The van der Waals surface area contributed by atoms with Gasteiger partial charge in [0, 0.05) is 11.0 Å². The summed E-state index contributed by atoms with van der Waals surface area (Å²) in [6.07, 6.45) is 2.64. The zero-order chi connectivity index (χ0) is 8.97. The maximum Gasteiger partial charge on any atom is 0.328 e. The summed E-state index contributed by atoms with van der Waals surface area (Å²) >= 11 is 1.40. The van der Waals surface area contributed by atoms with E-state index in [1.54, 1.807) is 13.2 Å². The van der Waals surface area contributed by atoms with Gasteiger partial charge in [-0.3, -0.25) is 0 Å². The molecule has 1 rings (SSSR count). The van der Waals surface area contributed by atoms with Gasteiger partial charge in [-0.2, -0.15) is 0 Å². The van der Waals surface area contributed by atoms with Crippen molar-refractivity contribution in [3.8, 4) is 5.06 Å². The fourth-order valence-corrected chi connectivity index (χ4v) is 1.41. The molecule has 0 fully saturated rings. The van der Waals surface area contributed by atoms with E-state index < -0.39 is 5.97 Å². The first kappa shape index (κ1) is 8.80. The Kier molecular flexibility index (Phi) is 2.88. The Morgan fingerprint density at radius 1 is 1.67 bits per heavy atom. The van der Waals surface area contributed by atoms with Crippen molar-refractivity contribution >= 4 is 23.4 Å². The van der Waals surface area contributed by atoms with E-state index in [0.29, 0.717) is 0 Å². The molecule has 1 aromatic rings. The van der Waals surface area contributed by atoms with Crippen LogP contribution in [0.4, 0.5) is 0 Å². The Labute approximate surface area is 73.9 Å². The van der Waals surface area contributed by atoms with Gasteiger partial charge in [0.15, 0.2) is 5.06 Å². The molecule has 0 saturated carbocycles. The maximum absolute atomic E-state index is 10.1. The molecule has 4 heteroatoms. The Morgan fingerprint density at radius 3 is 2.92 bits per heavy atom. The second kappa shape index (κ2) is 3.92. The number of rotatable bonds is 3. The van der Waals surface area contributed by atoms with Crippen LogP contribution < -0.4 is 4.74 Å². The topological polar surface area (TPSA) is 46.5 Å². The highest BCUT2D eigenvalue weighted by Gasteiger charge is 1.95.